The quantitative estimate of drug-likeness (QED) is 0.593. The number of nitrogens with zero attached hydrogens (tertiary/aromatic N) is 2. The lowest BCUT2D eigenvalue weighted by atomic mass is 10.1. The minimum atomic E-state index is -4.36. The van der Waals surface area contributed by atoms with Crippen LogP contribution in [0.2, 0.25) is 5.15 Å². The third-order valence-corrected chi connectivity index (χ3v) is 3.32. The first-order valence-corrected chi connectivity index (χ1v) is 6.43. The molecule has 21 heavy (non-hydrogen) atoms. The molecular formula is C15H8ClF3N2. The van der Waals surface area contributed by atoms with Crippen molar-refractivity contribution in [1.29, 1.82) is 0 Å². The van der Waals surface area contributed by atoms with E-state index in [4.69, 9.17) is 11.6 Å². The molecule has 0 fully saturated rings. The molecule has 0 atom stereocenters. The highest BCUT2D eigenvalue weighted by atomic mass is 35.5. The summed E-state index contributed by atoms with van der Waals surface area (Å²) in [6, 6.07) is 11.9. The normalized spacial score (nSPS) is 11.8. The molecule has 0 spiro atoms. The van der Waals surface area contributed by atoms with Crippen molar-refractivity contribution in [2.75, 3.05) is 0 Å². The van der Waals surface area contributed by atoms with Crippen LogP contribution in [-0.2, 0) is 6.18 Å². The Labute approximate surface area is 123 Å². The summed E-state index contributed by atoms with van der Waals surface area (Å²) in [5.41, 5.74) is 0.418. The molecule has 0 saturated carbocycles. The Bertz CT molecular complexity index is 798. The van der Waals surface area contributed by atoms with Gasteiger partial charge in [-0.2, -0.15) is 13.2 Å². The molecule has 1 aromatic heterocycles. The summed E-state index contributed by atoms with van der Waals surface area (Å²) in [5, 5.41) is 0.977. The molecule has 0 aliphatic rings. The number of hydrogen-bond donors (Lipinski definition) is 0. The number of para-hydroxylation sites is 1. The van der Waals surface area contributed by atoms with Crippen LogP contribution in [0.5, 0.6) is 0 Å². The summed E-state index contributed by atoms with van der Waals surface area (Å²) in [7, 11) is 0. The van der Waals surface area contributed by atoms with Crippen molar-refractivity contribution in [3.8, 4) is 11.4 Å². The Kier molecular flexibility index (Phi) is 3.29. The first-order chi connectivity index (χ1) is 9.95. The molecule has 0 bridgehead atoms. The third kappa shape index (κ3) is 2.69. The van der Waals surface area contributed by atoms with Gasteiger partial charge in [0.2, 0.25) is 0 Å². The Morgan fingerprint density at radius 2 is 1.52 bits per heavy atom. The molecule has 0 aliphatic heterocycles. The average Bonchev–Trinajstić information content (AvgIpc) is 2.46. The molecule has 1 heterocycles. The molecule has 3 aromatic rings. The monoisotopic (exact) mass is 308 g/mol. The maximum absolute atomic E-state index is 12.5. The summed E-state index contributed by atoms with van der Waals surface area (Å²) in [6.45, 7) is 0. The molecule has 0 amide bonds. The van der Waals surface area contributed by atoms with E-state index in [0.717, 1.165) is 12.1 Å². The number of benzene rings is 2. The maximum atomic E-state index is 12.5. The summed E-state index contributed by atoms with van der Waals surface area (Å²) in [5.74, 6) is 0.299. The zero-order chi connectivity index (χ0) is 15.0. The molecule has 0 saturated heterocycles. The van der Waals surface area contributed by atoms with Gasteiger partial charge in [-0.1, -0.05) is 35.9 Å². The van der Waals surface area contributed by atoms with Crippen LogP contribution in [0, 0.1) is 0 Å². The van der Waals surface area contributed by atoms with Crippen LogP contribution in [0.25, 0.3) is 22.3 Å². The highest BCUT2D eigenvalue weighted by Gasteiger charge is 2.30. The van der Waals surface area contributed by atoms with E-state index in [9.17, 15) is 13.2 Å². The van der Waals surface area contributed by atoms with Crippen molar-refractivity contribution in [1.82, 2.24) is 9.97 Å². The van der Waals surface area contributed by atoms with E-state index in [1.807, 2.05) is 12.1 Å². The minimum Gasteiger partial charge on any atom is -0.228 e. The first kappa shape index (κ1) is 13.8. The van der Waals surface area contributed by atoms with Crippen molar-refractivity contribution in [3.05, 3.63) is 59.2 Å². The van der Waals surface area contributed by atoms with Gasteiger partial charge in [0.05, 0.1) is 11.1 Å². The molecule has 3 rings (SSSR count). The Balaban J connectivity index is 2.08. The van der Waals surface area contributed by atoms with Crippen LogP contribution in [0.15, 0.2) is 48.5 Å². The molecule has 2 aromatic carbocycles. The van der Waals surface area contributed by atoms with Crippen molar-refractivity contribution in [2.45, 2.75) is 6.18 Å². The van der Waals surface area contributed by atoms with Gasteiger partial charge in [0.25, 0.3) is 0 Å². The second kappa shape index (κ2) is 5.00. The molecule has 106 valence electrons. The highest BCUT2D eigenvalue weighted by molar-refractivity contribution is 6.34. The molecule has 6 heteroatoms. The van der Waals surface area contributed by atoms with Gasteiger partial charge in [-0.15, -0.1) is 0 Å². The number of halogens is 4. The van der Waals surface area contributed by atoms with Crippen molar-refractivity contribution in [3.63, 3.8) is 0 Å². The minimum absolute atomic E-state index is 0.274. The molecule has 2 nitrogen and oxygen atoms in total. The van der Waals surface area contributed by atoms with Gasteiger partial charge in [0.1, 0.15) is 5.15 Å². The van der Waals surface area contributed by atoms with Gasteiger partial charge in [0.15, 0.2) is 5.82 Å². The summed E-state index contributed by atoms with van der Waals surface area (Å²) in [6.07, 6.45) is -4.36. The van der Waals surface area contributed by atoms with Crippen LogP contribution in [0.1, 0.15) is 5.56 Å². The van der Waals surface area contributed by atoms with E-state index in [2.05, 4.69) is 9.97 Å². The van der Waals surface area contributed by atoms with Gasteiger partial charge in [-0.05, 0) is 24.3 Å². The van der Waals surface area contributed by atoms with Crippen molar-refractivity contribution >= 4 is 22.5 Å². The van der Waals surface area contributed by atoms with Crippen LogP contribution in [-0.4, -0.2) is 9.97 Å². The Morgan fingerprint density at radius 1 is 0.857 bits per heavy atom. The molecular weight excluding hydrogens is 301 g/mol. The molecule has 0 radical (unpaired) electrons. The lowest BCUT2D eigenvalue weighted by Crippen LogP contribution is -2.04. The van der Waals surface area contributed by atoms with Crippen LogP contribution < -0.4 is 0 Å². The molecule has 0 aliphatic carbocycles. The SMILES string of the molecule is FC(F)(F)c1ccc(-c2nc(Cl)c3ccccc3n2)cc1. The maximum Gasteiger partial charge on any atom is 0.416 e. The first-order valence-electron chi connectivity index (χ1n) is 6.05. The highest BCUT2D eigenvalue weighted by Crippen LogP contribution is 2.31. The Morgan fingerprint density at radius 3 is 2.19 bits per heavy atom. The predicted molar refractivity (Wildman–Crippen MR) is 75.0 cm³/mol. The fourth-order valence-electron chi connectivity index (χ4n) is 1.98. The topological polar surface area (TPSA) is 25.8 Å². The van der Waals surface area contributed by atoms with Gasteiger partial charge >= 0.3 is 6.18 Å². The third-order valence-electron chi connectivity index (χ3n) is 3.03. The molecule has 0 N–H and O–H groups in total. The van der Waals surface area contributed by atoms with E-state index in [-0.39, 0.29) is 5.15 Å². The summed E-state index contributed by atoms with van der Waals surface area (Å²) in [4.78, 5) is 8.46. The summed E-state index contributed by atoms with van der Waals surface area (Å²) >= 11 is 6.08. The number of aromatic nitrogens is 2. The van der Waals surface area contributed by atoms with Gasteiger partial charge in [-0.25, -0.2) is 9.97 Å². The average molecular weight is 309 g/mol. The smallest absolute Gasteiger partial charge is 0.228 e. The fraction of sp³-hybridized carbons (Fsp3) is 0.0667. The van der Waals surface area contributed by atoms with Crippen molar-refractivity contribution in [2.24, 2.45) is 0 Å². The van der Waals surface area contributed by atoms with Crippen LogP contribution in [0.3, 0.4) is 0 Å². The van der Waals surface area contributed by atoms with Crippen LogP contribution >= 0.6 is 11.6 Å². The number of rotatable bonds is 1. The zero-order valence-electron chi connectivity index (χ0n) is 10.5. The lowest BCUT2D eigenvalue weighted by Gasteiger charge is -2.08. The van der Waals surface area contributed by atoms with E-state index in [1.165, 1.54) is 12.1 Å². The zero-order valence-corrected chi connectivity index (χ0v) is 11.3. The number of alkyl halides is 3. The van der Waals surface area contributed by atoms with E-state index >= 15 is 0 Å². The van der Waals surface area contributed by atoms with E-state index in [0.29, 0.717) is 22.3 Å². The second-order valence-electron chi connectivity index (χ2n) is 4.43. The van der Waals surface area contributed by atoms with Gasteiger partial charge in [-0.3, -0.25) is 0 Å². The predicted octanol–water partition coefficient (Wildman–Crippen LogP) is 4.97. The molecule has 0 unspecified atom stereocenters. The standard InChI is InChI=1S/C15H8ClF3N2/c16-13-11-3-1-2-4-12(11)20-14(21-13)9-5-7-10(8-6-9)15(17,18)19/h1-8H. The van der Waals surface area contributed by atoms with E-state index in [1.54, 1.807) is 12.1 Å². The summed E-state index contributed by atoms with van der Waals surface area (Å²) < 4.78 is 37.6. The second-order valence-corrected chi connectivity index (χ2v) is 4.79. The van der Waals surface area contributed by atoms with E-state index < -0.39 is 11.7 Å². The largest absolute Gasteiger partial charge is 0.416 e. The number of hydrogen-bond acceptors (Lipinski definition) is 2. The number of fused-ring (bicyclic) bond motifs is 1. The van der Waals surface area contributed by atoms with Gasteiger partial charge in [0, 0.05) is 10.9 Å². The lowest BCUT2D eigenvalue weighted by molar-refractivity contribution is -0.137. The fourth-order valence-corrected chi connectivity index (χ4v) is 2.22. The Hall–Kier alpha value is -2.14. The van der Waals surface area contributed by atoms with Crippen LogP contribution in [0.4, 0.5) is 13.2 Å². The van der Waals surface area contributed by atoms with Crippen molar-refractivity contribution < 1.29 is 13.2 Å². The van der Waals surface area contributed by atoms with Gasteiger partial charge < -0.3 is 0 Å².